The van der Waals surface area contributed by atoms with Crippen LogP contribution in [0.4, 0.5) is 0 Å². The minimum Gasteiger partial charge on any atom is -0.316 e. The van der Waals surface area contributed by atoms with E-state index in [2.05, 4.69) is 12.2 Å². The van der Waals surface area contributed by atoms with Gasteiger partial charge in [-0.2, -0.15) is 0 Å². The number of nitrogens with one attached hydrogen (secondary N) is 1. The lowest BCUT2D eigenvalue weighted by molar-refractivity contribution is 0.414. The molecule has 2 fully saturated rings. The van der Waals surface area contributed by atoms with Crippen molar-refractivity contribution in [1.82, 2.24) is 10.3 Å². The van der Waals surface area contributed by atoms with Gasteiger partial charge in [0.1, 0.15) is 0 Å². The molecule has 2 nitrogen and oxygen atoms in total. The molecule has 3 heteroatoms. The highest BCUT2D eigenvalue weighted by Crippen LogP contribution is 2.40. The molecule has 0 radical (unpaired) electrons. The Balaban J connectivity index is 1.79. The Morgan fingerprint density at radius 1 is 1.19 bits per heavy atom. The summed E-state index contributed by atoms with van der Waals surface area (Å²) in [5.74, 6) is 1.48. The summed E-state index contributed by atoms with van der Waals surface area (Å²) in [6.07, 6.45) is 6.77. The molecule has 88 valence electrons. The fourth-order valence-corrected chi connectivity index (χ4v) is 3.90. The minimum atomic E-state index is 0.679. The molecule has 0 spiro atoms. The van der Waals surface area contributed by atoms with Crippen molar-refractivity contribution in [2.45, 2.75) is 50.9 Å². The molecule has 1 unspecified atom stereocenters. The first-order chi connectivity index (χ1) is 7.84. The highest BCUT2D eigenvalue weighted by molar-refractivity contribution is 7.11. The number of nitrogens with zero attached hydrogens (tertiary/aromatic N) is 1. The third-order valence-electron chi connectivity index (χ3n) is 3.99. The summed E-state index contributed by atoms with van der Waals surface area (Å²) in [4.78, 5) is 6.40. The van der Waals surface area contributed by atoms with Crippen LogP contribution in [-0.2, 0) is 0 Å². The van der Waals surface area contributed by atoms with E-state index < -0.39 is 0 Å². The van der Waals surface area contributed by atoms with Gasteiger partial charge >= 0.3 is 0 Å². The molecule has 16 heavy (non-hydrogen) atoms. The first-order valence-corrected chi connectivity index (χ1v) is 7.34. The molecule has 0 aromatic carbocycles. The third kappa shape index (κ3) is 1.91. The van der Waals surface area contributed by atoms with Gasteiger partial charge in [0.15, 0.2) is 0 Å². The van der Waals surface area contributed by atoms with Crippen molar-refractivity contribution in [2.24, 2.45) is 0 Å². The van der Waals surface area contributed by atoms with Crippen LogP contribution in [0.5, 0.6) is 0 Å². The molecule has 0 bridgehead atoms. The van der Waals surface area contributed by atoms with Gasteiger partial charge in [-0.05, 0) is 39.2 Å². The van der Waals surface area contributed by atoms with Gasteiger partial charge in [0.05, 0.1) is 10.7 Å². The smallest absolute Gasteiger partial charge is 0.0962 e. The fraction of sp³-hybridized carbons (Fsp3) is 0.769. The van der Waals surface area contributed by atoms with Crippen molar-refractivity contribution in [3.05, 3.63) is 15.6 Å². The number of rotatable bonds is 2. The van der Waals surface area contributed by atoms with E-state index in [1.807, 2.05) is 11.3 Å². The predicted molar refractivity (Wildman–Crippen MR) is 68.3 cm³/mol. The zero-order valence-electron chi connectivity index (χ0n) is 9.96. The Labute approximate surface area is 101 Å². The molecule has 1 aromatic rings. The van der Waals surface area contributed by atoms with Crippen LogP contribution >= 0.6 is 11.3 Å². The van der Waals surface area contributed by atoms with Crippen LogP contribution in [0.2, 0.25) is 0 Å². The van der Waals surface area contributed by atoms with Crippen LogP contribution in [0.1, 0.15) is 59.5 Å². The monoisotopic (exact) mass is 236 g/mol. The molecule has 1 N–H and O–H groups in total. The molecule has 1 saturated heterocycles. The van der Waals surface area contributed by atoms with E-state index in [0.717, 1.165) is 12.5 Å². The molecular weight excluding hydrogens is 216 g/mol. The van der Waals surface area contributed by atoms with Crippen molar-refractivity contribution in [3.8, 4) is 0 Å². The van der Waals surface area contributed by atoms with Gasteiger partial charge in [-0.15, -0.1) is 11.3 Å². The predicted octanol–water partition coefficient (Wildman–Crippen LogP) is 3.19. The van der Waals surface area contributed by atoms with Gasteiger partial charge in [-0.25, -0.2) is 4.98 Å². The quantitative estimate of drug-likeness (QED) is 0.853. The van der Waals surface area contributed by atoms with Gasteiger partial charge in [-0.1, -0.05) is 6.42 Å². The molecule has 1 aromatic heterocycles. The molecule has 1 aliphatic heterocycles. The zero-order chi connectivity index (χ0) is 11.0. The van der Waals surface area contributed by atoms with E-state index in [-0.39, 0.29) is 0 Å². The molecule has 1 aliphatic carbocycles. The molecule has 1 saturated carbocycles. The van der Waals surface area contributed by atoms with E-state index in [9.17, 15) is 0 Å². The fourth-order valence-electron chi connectivity index (χ4n) is 2.72. The largest absolute Gasteiger partial charge is 0.316 e. The lowest BCUT2D eigenvalue weighted by atomic mass is 9.86. The number of hydrogen-bond acceptors (Lipinski definition) is 3. The summed E-state index contributed by atoms with van der Waals surface area (Å²) in [7, 11) is 0. The van der Waals surface area contributed by atoms with Crippen LogP contribution in [0.3, 0.4) is 0 Å². The molecule has 2 heterocycles. The van der Waals surface area contributed by atoms with Crippen molar-refractivity contribution in [2.75, 3.05) is 13.1 Å². The topological polar surface area (TPSA) is 24.9 Å². The third-order valence-corrected chi connectivity index (χ3v) is 5.14. The summed E-state index contributed by atoms with van der Waals surface area (Å²) in [5, 5.41) is 4.91. The Hall–Kier alpha value is -0.410. The number of thiazole rings is 1. The molecule has 0 amide bonds. The summed E-state index contributed by atoms with van der Waals surface area (Å²) in [6.45, 7) is 4.58. The van der Waals surface area contributed by atoms with Crippen LogP contribution in [-0.4, -0.2) is 18.1 Å². The maximum Gasteiger partial charge on any atom is 0.0962 e. The molecular formula is C13H20N2S. The minimum absolute atomic E-state index is 0.679. The van der Waals surface area contributed by atoms with E-state index in [0.29, 0.717) is 5.92 Å². The average molecular weight is 236 g/mol. The molecule has 3 rings (SSSR count). The van der Waals surface area contributed by atoms with Gasteiger partial charge in [0.25, 0.3) is 0 Å². The second-order valence-corrected chi connectivity index (χ2v) is 6.40. The van der Waals surface area contributed by atoms with Gasteiger partial charge in [0, 0.05) is 23.3 Å². The maximum absolute atomic E-state index is 4.93. The first kappa shape index (κ1) is 10.7. The van der Waals surface area contributed by atoms with E-state index in [1.165, 1.54) is 54.2 Å². The number of hydrogen-bond donors (Lipinski definition) is 1. The molecule has 1 atom stereocenters. The van der Waals surface area contributed by atoms with Crippen LogP contribution in [0, 0.1) is 6.92 Å². The summed E-state index contributed by atoms with van der Waals surface area (Å²) in [5.41, 5.74) is 1.40. The van der Waals surface area contributed by atoms with E-state index >= 15 is 0 Å². The first-order valence-electron chi connectivity index (χ1n) is 6.52. The Bertz CT molecular complexity index is 362. The standard InChI is InChI=1S/C13H20N2S/c1-9-12(11-6-3-7-14-8-11)15-13(16-9)10-4-2-5-10/h10-11,14H,2-8H2,1H3. The Morgan fingerprint density at radius 3 is 2.62 bits per heavy atom. The van der Waals surface area contributed by atoms with Crippen LogP contribution < -0.4 is 5.32 Å². The normalized spacial score (nSPS) is 26.7. The van der Waals surface area contributed by atoms with Gasteiger partial charge < -0.3 is 5.32 Å². The summed E-state index contributed by atoms with van der Waals surface area (Å²) in [6, 6.07) is 0. The van der Waals surface area contributed by atoms with E-state index in [4.69, 9.17) is 4.98 Å². The highest BCUT2D eigenvalue weighted by atomic mass is 32.1. The molecule has 2 aliphatic rings. The lowest BCUT2D eigenvalue weighted by Crippen LogP contribution is -2.28. The highest BCUT2D eigenvalue weighted by Gasteiger charge is 2.26. The maximum atomic E-state index is 4.93. The zero-order valence-corrected chi connectivity index (χ0v) is 10.8. The second kappa shape index (κ2) is 4.46. The summed E-state index contributed by atoms with van der Waals surface area (Å²) >= 11 is 1.95. The summed E-state index contributed by atoms with van der Waals surface area (Å²) < 4.78 is 0. The number of piperidine rings is 1. The lowest BCUT2D eigenvalue weighted by Gasteiger charge is -2.23. The van der Waals surface area contributed by atoms with E-state index in [1.54, 1.807) is 0 Å². The van der Waals surface area contributed by atoms with Gasteiger partial charge in [0.2, 0.25) is 0 Å². The Kier molecular flexibility index (Phi) is 2.99. The van der Waals surface area contributed by atoms with Crippen molar-refractivity contribution in [3.63, 3.8) is 0 Å². The number of aromatic nitrogens is 1. The van der Waals surface area contributed by atoms with Crippen LogP contribution in [0.25, 0.3) is 0 Å². The van der Waals surface area contributed by atoms with Crippen molar-refractivity contribution in [1.29, 1.82) is 0 Å². The van der Waals surface area contributed by atoms with Crippen molar-refractivity contribution >= 4 is 11.3 Å². The SMILES string of the molecule is Cc1sc(C2CCC2)nc1C1CCCNC1. The average Bonchev–Trinajstić information content (AvgIpc) is 2.59. The van der Waals surface area contributed by atoms with Crippen LogP contribution in [0.15, 0.2) is 0 Å². The Morgan fingerprint density at radius 2 is 2.00 bits per heavy atom. The van der Waals surface area contributed by atoms with Gasteiger partial charge in [-0.3, -0.25) is 0 Å². The van der Waals surface area contributed by atoms with Crippen molar-refractivity contribution < 1.29 is 0 Å². The second-order valence-electron chi connectivity index (χ2n) is 5.16. The number of aryl methyl sites for hydroxylation is 1.